The second kappa shape index (κ2) is 5.98. The van der Waals surface area contributed by atoms with Gasteiger partial charge in [-0.25, -0.2) is 0 Å². The average molecular weight is 327 g/mol. The molecule has 1 aliphatic carbocycles. The summed E-state index contributed by atoms with van der Waals surface area (Å²) in [6, 6.07) is 0.522. The first-order valence-corrected chi connectivity index (χ1v) is 8.48. The summed E-state index contributed by atoms with van der Waals surface area (Å²) in [5.41, 5.74) is 7.71. The van der Waals surface area contributed by atoms with E-state index in [-0.39, 0.29) is 0 Å². The Kier molecular flexibility index (Phi) is 4.24. The number of hydrogen-bond acceptors (Lipinski definition) is 5. The van der Waals surface area contributed by atoms with Crippen molar-refractivity contribution in [2.24, 2.45) is 12.8 Å². The molecule has 3 rings (SSSR count). The van der Waals surface area contributed by atoms with Crippen molar-refractivity contribution in [3.05, 3.63) is 22.2 Å². The van der Waals surface area contributed by atoms with Crippen molar-refractivity contribution < 1.29 is 0 Å². The maximum absolute atomic E-state index is 6.38. The topological polar surface area (TPSA) is 74.6 Å². The highest BCUT2D eigenvalue weighted by Crippen LogP contribution is 2.39. The van der Waals surface area contributed by atoms with E-state index >= 15 is 0 Å². The van der Waals surface area contributed by atoms with Gasteiger partial charge in [-0.05, 0) is 19.3 Å². The van der Waals surface area contributed by atoms with Crippen LogP contribution in [0.1, 0.15) is 43.0 Å². The van der Waals surface area contributed by atoms with Crippen LogP contribution in [0.25, 0.3) is 0 Å². The van der Waals surface area contributed by atoms with Crippen molar-refractivity contribution in [3.63, 3.8) is 0 Å². The Hall–Kier alpha value is -1.05. The quantitative estimate of drug-likeness (QED) is 0.824. The Bertz CT molecular complexity index is 645. The summed E-state index contributed by atoms with van der Waals surface area (Å²) < 4.78 is 4.03. The fourth-order valence-electron chi connectivity index (χ4n) is 2.35. The van der Waals surface area contributed by atoms with E-state index < -0.39 is 0 Å². The highest BCUT2D eigenvalue weighted by molar-refractivity contribution is 7.98. The average Bonchev–Trinajstić information content (AvgIpc) is 3.18. The van der Waals surface area contributed by atoms with E-state index in [4.69, 9.17) is 17.3 Å². The van der Waals surface area contributed by atoms with Gasteiger partial charge in [0, 0.05) is 18.8 Å². The van der Waals surface area contributed by atoms with Crippen LogP contribution >= 0.6 is 23.4 Å². The molecule has 0 saturated heterocycles. The second-order valence-corrected chi connectivity index (χ2v) is 6.50. The van der Waals surface area contributed by atoms with Crippen LogP contribution in [0.4, 0.5) is 0 Å². The summed E-state index contributed by atoms with van der Waals surface area (Å²) in [6.07, 6.45) is 3.21. The molecule has 0 unspecified atom stereocenters. The van der Waals surface area contributed by atoms with Crippen LogP contribution in [0.3, 0.4) is 0 Å². The Balaban J connectivity index is 1.79. The van der Waals surface area contributed by atoms with Gasteiger partial charge in [-0.1, -0.05) is 30.3 Å². The number of aromatic nitrogens is 5. The molecule has 2 N–H and O–H groups in total. The SMILES string of the molecule is CCc1nn(C)c(CSc2nnc(CN)n2C2CC2)c1Cl. The van der Waals surface area contributed by atoms with Crippen molar-refractivity contribution in [1.82, 2.24) is 24.5 Å². The zero-order chi connectivity index (χ0) is 15.0. The number of nitrogens with zero attached hydrogens (tertiary/aromatic N) is 5. The van der Waals surface area contributed by atoms with Gasteiger partial charge in [-0.3, -0.25) is 4.68 Å². The molecule has 1 fully saturated rings. The molecule has 21 heavy (non-hydrogen) atoms. The lowest BCUT2D eigenvalue weighted by Crippen LogP contribution is -2.08. The van der Waals surface area contributed by atoms with Gasteiger partial charge in [0.1, 0.15) is 5.82 Å². The first-order valence-electron chi connectivity index (χ1n) is 7.12. The summed E-state index contributed by atoms with van der Waals surface area (Å²) in [4.78, 5) is 0. The van der Waals surface area contributed by atoms with Crippen molar-refractivity contribution in [2.45, 2.75) is 49.7 Å². The fraction of sp³-hybridized carbons (Fsp3) is 0.615. The van der Waals surface area contributed by atoms with Gasteiger partial charge >= 0.3 is 0 Å². The van der Waals surface area contributed by atoms with Crippen molar-refractivity contribution in [1.29, 1.82) is 0 Å². The van der Waals surface area contributed by atoms with E-state index in [1.807, 2.05) is 11.7 Å². The highest BCUT2D eigenvalue weighted by Gasteiger charge is 2.29. The molecule has 114 valence electrons. The zero-order valence-corrected chi connectivity index (χ0v) is 13.8. The molecule has 2 heterocycles. The first kappa shape index (κ1) is 14.9. The monoisotopic (exact) mass is 326 g/mol. The third-order valence-electron chi connectivity index (χ3n) is 3.67. The smallest absolute Gasteiger partial charge is 0.191 e. The minimum atomic E-state index is 0.427. The molecule has 0 aliphatic heterocycles. The predicted molar refractivity (Wildman–Crippen MR) is 83.3 cm³/mol. The van der Waals surface area contributed by atoms with Crippen LogP contribution in [0.5, 0.6) is 0 Å². The molecule has 6 nitrogen and oxygen atoms in total. The van der Waals surface area contributed by atoms with Crippen molar-refractivity contribution >= 4 is 23.4 Å². The molecule has 1 saturated carbocycles. The lowest BCUT2D eigenvalue weighted by Gasteiger charge is -2.07. The van der Waals surface area contributed by atoms with Gasteiger partial charge in [0.05, 0.1) is 23.0 Å². The van der Waals surface area contributed by atoms with Gasteiger partial charge in [0.25, 0.3) is 0 Å². The van der Waals surface area contributed by atoms with Gasteiger partial charge in [-0.15, -0.1) is 10.2 Å². The minimum absolute atomic E-state index is 0.427. The standard InChI is InChI=1S/C13H19ClN6S/c1-3-9-12(14)10(19(2)18-9)7-21-13-17-16-11(6-15)20(13)8-4-5-8/h8H,3-7,15H2,1-2H3. The Morgan fingerprint density at radius 2 is 2.14 bits per heavy atom. The van der Waals surface area contributed by atoms with E-state index in [1.165, 1.54) is 12.8 Å². The summed E-state index contributed by atoms with van der Waals surface area (Å²) in [7, 11) is 1.93. The summed E-state index contributed by atoms with van der Waals surface area (Å²) >= 11 is 8.03. The highest BCUT2D eigenvalue weighted by atomic mass is 35.5. The summed E-state index contributed by atoms with van der Waals surface area (Å²) in [6.45, 7) is 2.49. The molecule has 2 aromatic heterocycles. The first-order chi connectivity index (χ1) is 10.2. The van der Waals surface area contributed by atoms with Crippen LogP contribution < -0.4 is 5.73 Å². The second-order valence-electron chi connectivity index (χ2n) is 5.18. The Labute approximate surface area is 133 Å². The zero-order valence-electron chi connectivity index (χ0n) is 12.2. The predicted octanol–water partition coefficient (Wildman–Crippen LogP) is 2.31. The summed E-state index contributed by atoms with van der Waals surface area (Å²) in [5, 5.41) is 14.6. The Morgan fingerprint density at radius 1 is 1.38 bits per heavy atom. The van der Waals surface area contributed by atoms with E-state index in [0.717, 1.165) is 39.6 Å². The van der Waals surface area contributed by atoms with Crippen LogP contribution in [-0.2, 0) is 25.8 Å². The molecular formula is C13H19ClN6S. The van der Waals surface area contributed by atoms with E-state index in [1.54, 1.807) is 11.8 Å². The minimum Gasteiger partial charge on any atom is -0.324 e. The molecule has 8 heteroatoms. The fourth-order valence-corrected chi connectivity index (χ4v) is 3.88. The maximum Gasteiger partial charge on any atom is 0.191 e. The number of hydrogen-bond donors (Lipinski definition) is 1. The number of thioether (sulfide) groups is 1. The third kappa shape index (κ3) is 2.82. The normalized spacial score (nSPS) is 14.9. The number of aryl methyl sites for hydroxylation is 2. The lowest BCUT2D eigenvalue weighted by molar-refractivity contribution is 0.626. The molecular weight excluding hydrogens is 308 g/mol. The van der Waals surface area contributed by atoms with Crippen LogP contribution in [0.15, 0.2) is 5.16 Å². The van der Waals surface area contributed by atoms with E-state index in [0.29, 0.717) is 12.6 Å². The van der Waals surface area contributed by atoms with Crippen LogP contribution in [-0.4, -0.2) is 24.5 Å². The molecule has 1 aliphatic rings. The Morgan fingerprint density at radius 3 is 2.71 bits per heavy atom. The van der Waals surface area contributed by atoms with Gasteiger partial charge < -0.3 is 10.3 Å². The molecule has 0 bridgehead atoms. The molecule has 0 radical (unpaired) electrons. The maximum atomic E-state index is 6.38. The third-order valence-corrected chi connectivity index (χ3v) is 5.06. The number of nitrogens with two attached hydrogens (primary N) is 1. The van der Waals surface area contributed by atoms with Gasteiger partial charge in [0.15, 0.2) is 5.16 Å². The lowest BCUT2D eigenvalue weighted by atomic mass is 10.3. The van der Waals surface area contributed by atoms with Gasteiger partial charge in [0.2, 0.25) is 0 Å². The molecule has 0 amide bonds. The molecule has 2 aromatic rings. The summed E-state index contributed by atoms with van der Waals surface area (Å²) in [5.74, 6) is 1.60. The van der Waals surface area contributed by atoms with Crippen LogP contribution in [0.2, 0.25) is 5.02 Å². The molecule has 0 aromatic carbocycles. The van der Waals surface area contributed by atoms with Crippen LogP contribution in [0, 0.1) is 0 Å². The van der Waals surface area contributed by atoms with Gasteiger partial charge in [-0.2, -0.15) is 5.10 Å². The van der Waals surface area contributed by atoms with Crippen molar-refractivity contribution in [3.8, 4) is 0 Å². The number of halogens is 1. The molecule has 0 spiro atoms. The largest absolute Gasteiger partial charge is 0.324 e. The van der Waals surface area contributed by atoms with Crippen molar-refractivity contribution in [2.75, 3.05) is 0 Å². The number of rotatable bonds is 6. The van der Waals surface area contributed by atoms with E-state index in [2.05, 4.69) is 26.8 Å². The molecule has 0 atom stereocenters. The van der Waals surface area contributed by atoms with E-state index in [9.17, 15) is 0 Å².